The lowest BCUT2D eigenvalue weighted by Gasteiger charge is -2.15. The number of rotatable bonds is 10. The van der Waals surface area contributed by atoms with Gasteiger partial charge >= 0.3 is 12.1 Å². The highest BCUT2D eigenvalue weighted by molar-refractivity contribution is 7.91. The van der Waals surface area contributed by atoms with E-state index >= 15 is 0 Å². The SMILES string of the molecule is CCCC(CCC)CS(=O)(=O)c1cccc(C=CCNC(=O)C(F)(F)F)c1. The lowest BCUT2D eigenvalue weighted by atomic mass is 10.0. The fraction of sp³-hybridized carbons (Fsp3) is 0.526. The van der Waals surface area contributed by atoms with Crippen molar-refractivity contribution in [3.63, 3.8) is 0 Å². The molecule has 0 heterocycles. The first-order valence-electron chi connectivity index (χ1n) is 8.94. The molecule has 0 bridgehead atoms. The third-order valence-electron chi connectivity index (χ3n) is 4.01. The molecule has 8 heteroatoms. The topological polar surface area (TPSA) is 63.2 Å². The van der Waals surface area contributed by atoms with Crippen LogP contribution in [0.5, 0.6) is 0 Å². The summed E-state index contributed by atoms with van der Waals surface area (Å²) < 4.78 is 61.6. The third-order valence-corrected chi connectivity index (χ3v) is 5.90. The molecule has 1 amide bonds. The Morgan fingerprint density at radius 3 is 2.37 bits per heavy atom. The van der Waals surface area contributed by atoms with Crippen molar-refractivity contribution in [1.29, 1.82) is 0 Å². The number of halogens is 3. The summed E-state index contributed by atoms with van der Waals surface area (Å²) in [5.74, 6) is -1.81. The maximum absolute atomic E-state index is 12.7. The molecule has 0 unspecified atom stereocenters. The van der Waals surface area contributed by atoms with E-state index in [-0.39, 0.29) is 23.1 Å². The Kier molecular flexibility index (Phi) is 9.02. The molecule has 152 valence electrons. The van der Waals surface area contributed by atoms with E-state index in [2.05, 4.69) is 0 Å². The van der Waals surface area contributed by atoms with Crippen LogP contribution >= 0.6 is 0 Å². The van der Waals surface area contributed by atoms with Gasteiger partial charge in [-0.3, -0.25) is 4.79 Å². The first-order chi connectivity index (χ1) is 12.6. The van der Waals surface area contributed by atoms with Crippen LogP contribution in [0.2, 0.25) is 0 Å². The summed E-state index contributed by atoms with van der Waals surface area (Å²) in [6, 6.07) is 6.26. The summed E-state index contributed by atoms with van der Waals surface area (Å²) >= 11 is 0. The zero-order valence-corrected chi connectivity index (χ0v) is 16.4. The van der Waals surface area contributed by atoms with Gasteiger partial charge in [-0.2, -0.15) is 13.2 Å². The predicted molar refractivity (Wildman–Crippen MR) is 99.9 cm³/mol. The van der Waals surface area contributed by atoms with E-state index < -0.39 is 21.9 Å². The quantitative estimate of drug-likeness (QED) is 0.629. The molecule has 0 fully saturated rings. The van der Waals surface area contributed by atoms with Crippen LogP contribution in [-0.4, -0.2) is 32.8 Å². The second-order valence-electron chi connectivity index (χ2n) is 6.41. The van der Waals surface area contributed by atoms with Gasteiger partial charge in [-0.1, -0.05) is 51.0 Å². The Labute approximate surface area is 158 Å². The minimum atomic E-state index is -4.92. The summed E-state index contributed by atoms with van der Waals surface area (Å²) in [6.07, 6.45) is 1.45. The second-order valence-corrected chi connectivity index (χ2v) is 8.44. The minimum Gasteiger partial charge on any atom is -0.345 e. The maximum atomic E-state index is 12.7. The highest BCUT2D eigenvalue weighted by Crippen LogP contribution is 2.22. The zero-order chi connectivity index (χ0) is 20.5. The number of sulfone groups is 1. The Balaban J connectivity index is 2.79. The average Bonchev–Trinajstić information content (AvgIpc) is 2.58. The van der Waals surface area contributed by atoms with Crippen LogP contribution in [0, 0.1) is 5.92 Å². The van der Waals surface area contributed by atoms with Crippen molar-refractivity contribution in [3.8, 4) is 0 Å². The summed E-state index contributed by atoms with van der Waals surface area (Å²) in [5.41, 5.74) is 0.542. The van der Waals surface area contributed by atoms with Gasteiger partial charge in [0.05, 0.1) is 10.6 Å². The van der Waals surface area contributed by atoms with Gasteiger partial charge in [0.2, 0.25) is 0 Å². The lowest BCUT2D eigenvalue weighted by molar-refractivity contribution is -0.173. The van der Waals surface area contributed by atoms with Gasteiger partial charge in [0.25, 0.3) is 0 Å². The predicted octanol–water partition coefficient (Wildman–Crippen LogP) is 4.37. The van der Waals surface area contributed by atoms with E-state index in [1.54, 1.807) is 17.4 Å². The molecule has 0 aliphatic heterocycles. The first-order valence-corrected chi connectivity index (χ1v) is 10.6. The molecule has 27 heavy (non-hydrogen) atoms. The third kappa shape index (κ3) is 8.15. The monoisotopic (exact) mass is 405 g/mol. The van der Waals surface area contributed by atoms with Crippen molar-refractivity contribution in [2.45, 2.75) is 50.6 Å². The van der Waals surface area contributed by atoms with Crippen LogP contribution in [-0.2, 0) is 14.6 Å². The Morgan fingerprint density at radius 1 is 1.19 bits per heavy atom. The molecular weight excluding hydrogens is 379 g/mol. The molecule has 1 rings (SSSR count). The highest BCUT2D eigenvalue weighted by atomic mass is 32.2. The number of amides is 1. The molecule has 4 nitrogen and oxygen atoms in total. The van der Waals surface area contributed by atoms with Crippen LogP contribution in [0.4, 0.5) is 13.2 Å². The number of carbonyl (C=O) groups is 1. The van der Waals surface area contributed by atoms with Crippen LogP contribution in [0.25, 0.3) is 6.08 Å². The van der Waals surface area contributed by atoms with Crippen LogP contribution in [0.3, 0.4) is 0 Å². The second kappa shape index (κ2) is 10.5. The smallest absolute Gasteiger partial charge is 0.345 e. The van der Waals surface area contributed by atoms with Crippen molar-refractivity contribution in [3.05, 3.63) is 35.9 Å². The number of hydrogen-bond acceptors (Lipinski definition) is 3. The Hall–Kier alpha value is -1.83. The lowest BCUT2D eigenvalue weighted by Crippen LogP contribution is -2.36. The molecule has 0 spiro atoms. The number of nitrogens with one attached hydrogen (secondary N) is 1. The van der Waals surface area contributed by atoms with E-state index in [0.717, 1.165) is 25.7 Å². The molecule has 0 atom stereocenters. The molecule has 0 aliphatic carbocycles. The van der Waals surface area contributed by atoms with Crippen LogP contribution in [0.15, 0.2) is 35.2 Å². The first kappa shape index (κ1) is 23.2. The van der Waals surface area contributed by atoms with Gasteiger partial charge in [-0.25, -0.2) is 8.42 Å². The molecule has 0 aromatic heterocycles. The van der Waals surface area contributed by atoms with E-state index in [4.69, 9.17) is 0 Å². The highest BCUT2D eigenvalue weighted by Gasteiger charge is 2.37. The standard InChI is InChI=1S/C19H26F3NO3S/c1-3-7-16(8-4-2)14-27(25,26)17-11-5-9-15(13-17)10-6-12-23-18(24)19(20,21)22/h5-6,9-11,13,16H,3-4,7-8,12,14H2,1-2H3,(H,23,24). The molecular formula is C19H26F3NO3S. The normalized spacial score (nSPS) is 12.7. The minimum absolute atomic E-state index is 0.0868. The molecule has 1 aromatic rings. The van der Waals surface area contributed by atoms with Crippen LogP contribution in [0.1, 0.15) is 45.1 Å². The van der Waals surface area contributed by atoms with Gasteiger partial charge in [-0.15, -0.1) is 0 Å². The van der Waals surface area contributed by atoms with Crippen LogP contribution < -0.4 is 5.32 Å². The van der Waals surface area contributed by atoms with E-state index in [9.17, 15) is 26.4 Å². The summed E-state index contributed by atoms with van der Waals surface area (Å²) in [6.45, 7) is 3.75. The Bertz CT molecular complexity index is 737. The maximum Gasteiger partial charge on any atom is 0.471 e. The molecule has 0 saturated heterocycles. The Morgan fingerprint density at radius 2 is 1.81 bits per heavy atom. The fourth-order valence-corrected chi connectivity index (χ4v) is 4.54. The zero-order valence-electron chi connectivity index (χ0n) is 15.6. The molecule has 1 aromatic carbocycles. The van der Waals surface area contributed by atoms with Crippen molar-refractivity contribution < 1.29 is 26.4 Å². The number of hydrogen-bond donors (Lipinski definition) is 1. The van der Waals surface area contributed by atoms with Gasteiger partial charge in [-0.05, 0) is 36.5 Å². The largest absolute Gasteiger partial charge is 0.471 e. The van der Waals surface area contributed by atoms with Gasteiger partial charge in [0.1, 0.15) is 0 Å². The van der Waals surface area contributed by atoms with Crippen molar-refractivity contribution in [1.82, 2.24) is 5.32 Å². The fourth-order valence-electron chi connectivity index (χ4n) is 2.79. The molecule has 0 saturated carbocycles. The summed E-state index contributed by atoms with van der Waals surface area (Å²) in [4.78, 5) is 10.9. The van der Waals surface area contributed by atoms with Crippen molar-refractivity contribution in [2.75, 3.05) is 12.3 Å². The van der Waals surface area contributed by atoms with E-state index in [1.165, 1.54) is 24.3 Å². The number of alkyl halides is 3. The van der Waals surface area contributed by atoms with Gasteiger partial charge in [0, 0.05) is 6.54 Å². The van der Waals surface area contributed by atoms with Crippen molar-refractivity contribution >= 4 is 21.8 Å². The van der Waals surface area contributed by atoms with E-state index in [0.29, 0.717) is 5.56 Å². The summed E-state index contributed by atoms with van der Waals surface area (Å²) in [5, 5.41) is 1.72. The average molecular weight is 405 g/mol. The van der Waals surface area contributed by atoms with Crippen molar-refractivity contribution in [2.24, 2.45) is 5.92 Å². The van der Waals surface area contributed by atoms with Gasteiger partial charge in [0.15, 0.2) is 9.84 Å². The molecule has 1 N–H and O–H groups in total. The summed E-state index contributed by atoms with van der Waals surface area (Å²) in [7, 11) is -3.44. The number of benzene rings is 1. The molecule has 0 radical (unpaired) electrons. The number of carbonyl (C=O) groups excluding carboxylic acids is 1. The molecule has 0 aliphatic rings. The van der Waals surface area contributed by atoms with E-state index in [1.807, 2.05) is 13.8 Å². The van der Waals surface area contributed by atoms with Gasteiger partial charge < -0.3 is 5.32 Å².